The van der Waals surface area contributed by atoms with E-state index in [9.17, 15) is 9.59 Å². The van der Waals surface area contributed by atoms with Crippen molar-refractivity contribution in [2.75, 3.05) is 11.9 Å². The standard InChI is InChI=1S/C22H16Br2N2O4S/c1-13-8-17(23)20(18(24)9-13)29-11-14-2-4-15(5-3-14)22(28)30-12-19(27)26-21-16(10-25)6-7-31-21/h2-9H,11-12H2,1H3,(H,26,27). The molecule has 1 amide bonds. The quantitative estimate of drug-likeness (QED) is 0.365. The Kier molecular flexibility index (Phi) is 7.85. The maximum absolute atomic E-state index is 12.2. The van der Waals surface area contributed by atoms with Gasteiger partial charge in [0.05, 0.1) is 20.1 Å². The zero-order valence-corrected chi connectivity index (χ0v) is 20.3. The zero-order chi connectivity index (χ0) is 22.4. The van der Waals surface area contributed by atoms with E-state index in [4.69, 9.17) is 14.7 Å². The summed E-state index contributed by atoms with van der Waals surface area (Å²) in [4.78, 5) is 24.1. The van der Waals surface area contributed by atoms with Gasteiger partial charge in [0.15, 0.2) is 6.61 Å². The number of amides is 1. The van der Waals surface area contributed by atoms with Gasteiger partial charge in [-0.05, 0) is 85.6 Å². The number of nitrogens with one attached hydrogen (secondary N) is 1. The van der Waals surface area contributed by atoms with Crippen LogP contribution >= 0.6 is 43.2 Å². The lowest BCUT2D eigenvalue weighted by Crippen LogP contribution is -2.20. The first-order chi connectivity index (χ1) is 14.9. The minimum absolute atomic E-state index is 0.319. The number of hydrogen-bond acceptors (Lipinski definition) is 6. The summed E-state index contributed by atoms with van der Waals surface area (Å²) in [7, 11) is 0. The number of carbonyl (C=O) groups excluding carboxylic acids is 2. The SMILES string of the molecule is Cc1cc(Br)c(OCc2ccc(C(=O)OCC(=O)Nc3sccc3C#N)cc2)c(Br)c1. The van der Waals surface area contributed by atoms with Crippen molar-refractivity contribution < 1.29 is 19.1 Å². The molecule has 1 N–H and O–H groups in total. The molecule has 2 aromatic carbocycles. The number of nitrogens with zero attached hydrogens (tertiary/aromatic N) is 1. The Labute approximate surface area is 200 Å². The number of benzene rings is 2. The third-order valence-electron chi connectivity index (χ3n) is 4.09. The van der Waals surface area contributed by atoms with Gasteiger partial charge in [0, 0.05) is 0 Å². The molecule has 31 heavy (non-hydrogen) atoms. The first kappa shape index (κ1) is 23.0. The van der Waals surface area contributed by atoms with Gasteiger partial charge in [-0.1, -0.05) is 12.1 Å². The average Bonchev–Trinajstić information content (AvgIpc) is 3.18. The third kappa shape index (κ3) is 6.17. The highest BCUT2D eigenvalue weighted by atomic mass is 79.9. The first-order valence-electron chi connectivity index (χ1n) is 8.99. The van der Waals surface area contributed by atoms with E-state index in [0.29, 0.717) is 28.5 Å². The predicted molar refractivity (Wildman–Crippen MR) is 125 cm³/mol. The molecule has 0 unspecified atom stereocenters. The fraction of sp³-hybridized carbons (Fsp3) is 0.136. The van der Waals surface area contributed by atoms with Crippen LogP contribution < -0.4 is 10.1 Å². The molecule has 0 atom stereocenters. The number of nitriles is 1. The van der Waals surface area contributed by atoms with Gasteiger partial charge in [-0.15, -0.1) is 11.3 Å². The third-order valence-corrected chi connectivity index (χ3v) is 6.10. The molecule has 0 bridgehead atoms. The highest BCUT2D eigenvalue weighted by molar-refractivity contribution is 9.11. The molecule has 3 aromatic rings. The Balaban J connectivity index is 1.52. The first-order valence-corrected chi connectivity index (χ1v) is 11.5. The van der Waals surface area contributed by atoms with E-state index in [1.165, 1.54) is 11.3 Å². The van der Waals surface area contributed by atoms with Crippen LogP contribution in [0.25, 0.3) is 0 Å². The van der Waals surface area contributed by atoms with Crippen LogP contribution in [0.3, 0.4) is 0 Å². The van der Waals surface area contributed by atoms with E-state index in [-0.39, 0.29) is 0 Å². The lowest BCUT2D eigenvalue weighted by atomic mass is 10.1. The van der Waals surface area contributed by atoms with Crippen molar-refractivity contribution in [1.29, 1.82) is 5.26 Å². The zero-order valence-electron chi connectivity index (χ0n) is 16.3. The van der Waals surface area contributed by atoms with E-state index in [1.54, 1.807) is 35.7 Å². The number of rotatable bonds is 7. The van der Waals surface area contributed by atoms with E-state index >= 15 is 0 Å². The van der Waals surface area contributed by atoms with E-state index < -0.39 is 18.5 Å². The van der Waals surface area contributed by atoms with Crippen LogP contribution in [-0.4, -0.2) is 18.5 Å². The molecule has 0 saturated carbocycles. The summed E-state index contributed by atoms with van der Waals surface area (Å²) in [5.41, 5.74) is 2.66. The highest BCUT2D eigenvalue weighted by Crippen LogP contribution is 2.35. The lowest BCUT2D eigenvalue weighted by Gasteiger charge is -2.11. The molecule has 0 aliphatic carbocycles. The summed E-state index contributed by atoms with van der Waals surface area (Å²) in [5, 5.41) is 13.6. The maximum atomic E-state index is 12.2. The second kappa shape index (κ2) is 10.6. The second-order valence-corrected chi connectivity index (χ2v) is 9.07. The number of esters is 1. The van der Waals surface area contributed by atoms with Crippen LogP contribution in [0.5, 0.6) is 5.75 Å². The van der Waals surface area contributed by atoms with E-state index in [1.807, 2.05) is 25.1 Å². The summed E-state index contributed by atoms with van der Waals surface area (Å²) in [6, 6.07) is 14.3. The van der Waals surface area contributed by atoms with Crippen molar-refractivity contribution in [3.63, 3.8) is 0 Å². The van der Waals surface area contributed by atoms with Crippen molar-refractivity contribution in [2.24, 2.45) is 0 Å². The Bertz CT molecular complexity index is 1130. The van der Waals surface area contributed by atoms with Crippen molar-refractivity contribution in [1.82, 2.24) is 0 Å². The van der Waals surface area contributed by atoms with E-state index in [2.05, 4.69) is 37.2 Å². The molecule has 0 aliphatic rings. The van der Waals surface area contributed by atoms with Gasteiger partial charge in [0.25, 0.3) is 5.91 Å². The molecule has 9 heteroatoms. The van der Waals surface area contributed by atoms with Crippen molar-refractivity contribution in [3.05, 3.63) is 79.0 Å². The van der Waals surface area contributed by atoms with Gasteiger partial charge in [0.2, 0.25) is 0 Å². The minimum atomic E-state index is -0.613. The Hall–Kier alpha value is -2.67. The number of anilines is 1. The Morgan fingerprint density at radius 2 is 1.81 bits per heavy atom. The number of halogens is 2. The Morgan fingerprint density at radius 3 is 2.45 bits per heavy atom. The largest absolute Gasteiger partial charge is 0.487 e. The summed E-state index contributed by atoms with van der Waals surface area (Å²) in [6.07, 6.45) is 0. The lowest BCUT2D eigenvalue weighted by molar-refractivity contribution is -0.119. The van der Waals surface area contributed by atoms with Gasteiger partial charge in [0.1, 0.15) is 23.4 Å². The molecule has 0 aliphatic heterocycles. The van der Waals surface area contributed by atoms with Gasteiger partial charge >= 0.3 is 5.97 Å². The van der Waals surface area contributed by atoms with Gasteiger partial charge in [-0.25, -0.2) is 4.79 Å². The topological polar surface area (TPSA) is 88.4 Å². The fourth-order valence-electron chi connectivity index (χ4n) is 2.59. The summed E-state index contributed by atoms with van der Waals surface area (Å²) >= 11 is 8.21. The van der Waals surface area contributed by atoms with Crippen molar-refractivity contribution in [3.8, 4) is 11.8 Å². The number of carbonyl (C=O) groups is 2. The minimum Gasteiger partial charge on any atom is -0.487 e. The smallest absolute Gasteiger partial charge is 0.338 e. The van der Waals surface area contributed by atoms with E-state index in [0.717, 1.165) is 20.1 Å². The predicted octanol–water partition coefficient (Wildman–Crippen LogP) is 5.83. The molecular formula is C22H16Br2N2O4S. The van der Waals surface area contributed by atoms with Crippen LogP contribution in [0.4, 0.5) is 5.00 Å². The molecular weight excluding hydrogens is 548 g/mol. The number of ether oxygens (including phenoxy) is 2. The molecule has 158 valence electrons. The maximum Gasteiger partial charge on any atom is 0.338 e. The highest BCUT2D eigenvalue weighted by Gasteiger charge is 2.13. The average molecular weight is 564 g/mol. The second-order valence-electron chi connectivity index (χ2n) is 6.44. The number of hydrogen-bond donors (Lipinski definition) is 1. The van der Waals surface area contributed by atoms with Crippen LogP contribution in [0.2, 0.25) is 0 Å². The van der Waals surface area contributed by atoms with Crippen LogP contribution in [0, 0.1) is 18.3 Å². The van der Waals surface area contributed by atoms with Crippen LogP contribution in [-0.2, 0) is 16.1 Å². The molecule has 1 heterocycles. The molecule has 0 radical (unpaired) electrons. The monoisotopic (exact) mass is 562 g/mol. The van der Waals surface area contributed by atoms with Crippen molar-refractivity contribution in [2.45, 2.75) is 13.5 Å². The molecule has 6 nitrogen and oxygen atoms in total. The van der Waals surface area contributed by atoms with Gasteiger partial charge in [-0.2, -0.15) is 5.26 Å². The molecule has 0 saturated heterocycles. The Morgan fingerprint density at radius 1 is 1.13 bits per heavy atom. The van der Waals surface area contributed by atoms with Crippen LogP contribution in [0.15, 0.2) is 56.8 Å². The summed E-state index contributed by atoms with van der Waals surface area (Å²) in [6.45, 7) is 1.87. The van der Waals surface area contributed by atoms with Crippen molar-refractivity contribution >= 4 is 60.1 Å². The molecule has 3 rings (SSSR count). The molecule has 0 fully saturated rings. The van der Waals surface area contributed by atoms with Crippen LogP contribution in [0.1, 0.15) is 27.0 Å². The molecule has 1 aromatic heterocycles. The number of thiophene rings is 1. The summed E-state index contributed by atoms with van der Waals surface area (Å²) < 4.78 is 12.6. The number of aryl methyl sites for hydroxylation is 1. The van der Waals surface area contributed by atoms with Gasteiger partial charge < -0.3 is 14.8 Å². The summed E-state index contributed by atoms with van der Waals surface area (Å²) in [5.74, 6) is -0.421. The van der Waals surface area contributed by atoms with Gasteiger partial charge in [-0.3, -0.25) is 4.79 Å². The normalized spacial score (nSPS) is 10.3. The fourth-order valence-corrected chi connectivity index (χ4v) is 4.99. The molecule has 0 spiro atoms.